The van der Waals surface area contributed by atoms with E-state index in [0.717, 1.165) is 5.56 Å². The Labute approximate surface area is 120 Å². The summed E-state index contributed by atoms with van der Waals surface area (Å²) in [6.45, 7) is 9.11. The molecule has 0 aliphatic carbocycles. The van der Waals surface area contributed by atoms with E-state index >= 15 is 0 Å². The Hall–Kier alpha value is -1.84. The van der Waals surface area contributed by atoms with Crippen molar-refractivity contribution in [2.24, 2.45) is 0 Å². The van der Waals surface area contributed by atoms with Crippen molar-refractivity contribution in [2.45, 2.75) is 52.7 Å². The summed E-state index contributed by atoms with van der Waals surface area (Å²) < 4.78 is 5.18. The maximum Gasteiger partial charge on any atom is 0.408 e. The van der Waals surface area contributed by atoms with Gasteiger partial charge in [0.2, 0.25) is 0 Å². The molecule has 0 aliphatic rings. The van der Waals surface area contributed by atoms with E-state index in [1.807, 2.05) is 32.0 Å². The first-order chi connectivity index (χ1) is 9.24. The maximum atomic E-state index is 12.4. The molecule has 1 N–H and O–H groups in total. The Morgan fingerprint density at radius 1 is 1.25 bits per heavy atom. The van der Waals surface area contributed by atoms with Crippen LogP contribution < -0.4 is 5.32 Å². The summed E-state index contributed by atoms with van der Waals surface area (Å²) in [6.07, 6.45) is -0.0434. The molecule has 1 aromatic rings. The van der Waals surface area contributed by atoms with Crippen LogP contribution in [0, 0.1) is 6.92 Å². The number of ketones is 1. The van der Waals surface area contributed by atoms with Gasteiger partial charge in [-0.05, 0) is 39.7 Å². The molecule has 0 saturated heterocycles. The molecular weight excluding hydrogens is 254 g/mol. The van der Waals surface area contributed by atoms with Crippen molar-refractivity contribution in [1.29, 1.82) is 0 Å². The van der Waals surface area contributed by atoms with Crippen LogP contribution >= 0.6 is 0 Å². The van der Waals surface area contributed by atoms with E-state index in [-0.39, 0.29) is 5.78 Å². The Balaban J connectivity index is 2.79. The molecule has 0 saturated carbocycles. The molecule has 0 bridgehead atoms. The summed E-state index contributed by atoms with van der Waals surface area (Å²) in [6, 6.07) is 6.80. The molecule has 20 heavy (non-hydrogen) atoms. The molecule has 1 rings (SSSR count). The number of aryl methyl sites for hydroxylation is 1. The second-order valence-electron chi connectivity index (χ2n) is 5.79. The van der Waals surface area contributed by atoms with E-state index in [1.54, 1.807) is 26.8 Å². The first kappa shape index (κ1) is 16.2. The van der Waals surface area contributed by atoms with Crippen molar-refractivity contribution in [1.82, 2.24) is 5.32 Å². The molecule has 0 spiro atoms. The normalized spacial score (nSPS) is 12.7. The first-order valence-corrected chi connectivity index (χ1v) is 6.84. The number of hydrogen-bond donors (Lipinski definition) is 1. The fourth-order valence-corrected chi connectivity index (χ4v) is 1.84. The SMILES string of the molecule is CCC(NC(=O)OC(C)(C)C)C(=O)c1ccccc1C. The molecule has 0 fully saturated rings. The summed E-state index contributed by atoms with van der Waals surface area (Å²) in [4.78, 5) is 24.2. The lowest BCUT2D eigenvalue weighted by Gasteiger charge is -2.22. The Kier molecular flexibility index (Phi) is 5.31. The van der Waals surface area contributed by atoms with Crippen molar-refractivity contribution in [3.63, 3.8) is 0 Å². The van der Waals surface area contributed by atoms with Crippen molar-refractivity contribution >= 4 is 11.9 Å². The zero-order valence-electron chi connectivity index (χ0n) is 12.8. The Bertz CT molecular complexity index is 489. The van der Waals surface area contributed by atoms with Gasteiger partial charge in [-0.15, -0.1) is 0 Å². The molecule has 0 aromatic heterocycles. The minimum atomic E-state index is -0.575. The average Bonchev–Trinajstić information content (AvgIpc) is 2.33. The van der Waals surface area contributed by atoms with E-state index in [2.05, 4.69) is 5.32 Å². The fourth-order valence-electron chi connectivity index (χ4n) is 1.84. The summed E-state index contributed by atoms with van der Waals surface area (Å²) in [7, 11) is 0. The number of rotatable bonds is 4. The molecule has 0 heterocycles. The van der Waals surface area contributed by atoms with E-state index in [9.17, 15) is 9.59 Å². The van der Waals surface area contributed by atoms with Crippen LogP contribution in [0.4, 0.5) is 4.79 Å². The topological polar surface area (TPSA) is 55.4 Å². The molecule has 110 valence electrons. The van der Waals surface area contributed by atoms with Gasteiger partial charge in [0, 0.05) is 5.56 Å². The highest BCUT2D eigenvalue weighted by Crippen LogP contribution is 2.13. The molecule has 0 aliphatic heterocycles. The quantitative estimate of drug-likeness (QED) is 0.857. The minimum Gasteiger partial charge on any atom is -0.444 e. The molecule has 0 radical (unpaired) electrons. The highest BCUT2D eigenvalue weighted by molar-refractivity contribution is 6.02. The second-order valence-corrected chi connectivity index (χ2v) is 5.79. The largest absolute Gasteiger partial charge is 0.444 e. The Morgan fingerprint density at radius 3 is 2.35 bits per heavy atom. The molecule has 1 aromatic carbocycles. The first-order valence-electron chi connectivity index (χ1n) is 6.84. The summed E-state index contributed by atoms with van der Waals surface area (Å²) in [5, 5.41) is 2.64. The highest BCUT2D eigenvalue weighted by atomic mass is 16.6. The molecule has 4 heteroatoms. The summed E-state index contributed by atoms with van der Waals surface area (Å²) >= 11 is 0. The van der Waals surface area contributed by atoms with Gasteiger partial charge in [-0.3, -0.25) is 4.79 Å². The van der Waals surface area contributed by atoms with Crippen LogP contribution in [0.5, 0.6) is 0 Å². The number of benzene rings is 1. The van der Waals surface area contributed by atoms with Gasteiger partial charge in [0.05, 0.1) is 6.04 Å². The maximum absolute atomic E-state index is 12.4. The van der Waals surface area contributed by atoms with E-state index in [0.29, 0.717) is 12.0 Å². The molecular formula is C16H23NO3. The predicted molar refractivity (Wildman–Crippen MR) is 79.0 cm³/mol. The third-order valence-electron chi connectivity index (χ3n) is 2.83. The molecule has 1 amide bonds. The lowest BCUT2D eigenvalue weighted by molar-refractivity contribution is 0.0490. The van der Waals surface area contributed by atoms with Gasteiger partial charge < -0.3 is 10.1 Å². The van der Waals surface area contributed by atoms with Crippen LogP contribution in [0.3, 0.4) is 0 Å². The van der Waals surface area contributed by atoms with Crippen molar-refractivity contribution < 1.29 is 14.3 Å². The smallest absolute Gasteiger partial charge is 0.408 e. The predicted octanol–water partition coefficient (Wildman–Crippen LogP) is 3.48. The third kappa shape index (κ3) is 4.68. The second kappa shape index (κ2) is 6.55. The number of amides is 1. The lowest BCUT2D eigenvalue weighted by atomic mass is 9.98. The number of Topliss-reactive ketones (excluding diaryl/α,β-unsaturated/α-hetero) is 1. The van der Waals surface area contributed by atoms with Gasteiger partial charge in [-0.25, -0.2) is 4.79 Å². The monoisotopic (exact) mass is 277 g/mol. The van der Waals surface area contributed by atoms with Gasteiger partial charge >= 0.3 is 6.09 Å². The number of carbonyl (C=O) groups is 2. The Morgan fingerprint density at radius 2 is 1.85 bits per heavy atom. The number of nitrogens with one attached hydrogen (secondary N) is 1. The number of carbonyl (C=O) groups excluding carboxylic acids is 2. The molecule has 4 nitrogen and oxygen atoms in total. The standard InChI is InChI=1S/C16H23NO3/c1-6-13(17-15(19)20-16(3,4)5)14(18)12-10-8-7-9-11(12)2/h7-10,13H,6H2,1-5H3,(H,17,19). The summed E-state index contributed by atoms with van der Waals surface area (Å²) in [5.74, 6) is -0.0866. The van der Waals surface area contributed by atoms with Crippen LogP contribution in [0.2, 0.25) is 0 Å². The molecule has 1 atom stereocenters. The van der Waals surface area contributed by atoms with Gasteiger partial charge in [0.15, 0.2) is 5.78 Å². The highest BCUT2D eigenvalue weighted by Gasteiger charge is 2.24. The average molecular weight is 277 g/mol. The van der Waals surface area contributed by atoms with Gasteiger partial charge in [0.1, 0.15) is 5.60 Å². The third-order valence-corrected chi connectivity index (χ3v) is 2.83. The van der Waals surface area contributed by atoms with Gasteiger partial charge in [-0.1, -0.05) is 31.2 Å². The number of ether oxygens (including phenoxy) is 1. The van der Waals surface area contributed by atoms with Crippen LogP contribution in [0.1, 0.15) is 50.0 Å². The van der Waals surface area contributed by atoms with Crippen LogP contribution in [0.15, 0.2) is 24.3 Å². The van der Waals surface area contributed by atoms with Gasteiger partial charge in [0.25, 0.3) is 0 Å². The van der Waals surface area contributed by atoms with E-state index in [4.69, 9.17) is 4.74 Å². The van der Waals surface area contributed by atoms with Crippen LogP contribution in [0.25, 0.3) is 0 Å². The van der Waals surface area contributed by atoms with Crippen molar-refractivity contribution in [3.05, 3.63) is 35.4 Å². The van der Waals surface area contributed by atoms with Crippen LogP contribution in [-0.2, 0) is 4.74 Å². The lowest BCUT2D eigenvalue weighted by Crippen LogP contribution is -2.43. The zero-order valence-corrected chi connectivity index (χ0v) is 12.8. The van der Waals surface area contributed by atoms with Crippen molar-refractivity contribution in [3.8, 4) is 0 Å². The minimum absolute atomic E-state index is 0.0866. The zero-order chi connectivity index (χ0) is 15.3. The number of hydrogen-bond acceptors (Lipinski definition) is 3. The van der Waals surface area contributed by atoms with E-state index < -0.39 is 17.7 Å². The fraction of sp³-hybridized carbons (Fsp3) is 0.500. The van der Waals surface area contributed by atoms with Gasteiger partial charge in [-0.2, -0.15) is 0 Å². The van der Waals surface area contributed by atoms with Crippen LogP contribution in [-0.4, -0.2) is 23.5 Å². The van der Waals surface area contributed by atoms with E-state index in [1.165, 1.54) is 0 Å². The summed E-state index contributed by atoms with van der Waals surface area (Å²) in [5.41, 5.74) is 0.964. The molecule has 1 unspecified atom stereocenters. The van der Waals surface area contributed by atoms with Crippen molar-refractivity contribution in [2.75, 3.05) is 0 Å². The number of alkyl carbamates (subject to hydrolysis) is 1.